The van der Waals surface area contributed by atoms with Crippen LogP contribution in [0.5, 0.6) is 0 Å². The molecular weight excluding hydrogens is 402 g/mol. The van der Waals surface area contributed by atoms with Crippen LogP contribution in [0.4, 0.5) is 17.5 Å². The molecule has 9 heteroatoms. The minimum atomic E-state index is -0.421. The van der Waals surface area contributed by atoms with Crippen molar-refractivity contribution >= 4 is 45.2 Å². The van der Waals surface area contributed by atoms with Crippen LogP contribution in [0.2, 0.25) is 0 Å². The van der Waals surface area contributed by atoms with Crippen LogP contribution in [0, 0.1) is 5.92 Å². The van der Waals surface area contributed by atoms with Crippen LogP contribution in [0.3, 0.4) is 0 Å². The molecule has 0 saturated heterocycles. The monoisotopic (exact) mass is 419 g/mol. The average Bonchev–Trinajstić information content (AvgIpc) is 2.89. The fourth-order valence-corrected chi connectivity index (χ4v) is 2.81. The van der Waals surface area contributed by atoms with Gasteiger partial charge in [0.1, 0.15) is 5.82 Å². The first-order valence-electron chi connectivity index (χ1n) is 8.05. The Balaban J connectivity index is 1.83. The van der Waals surface area contributed by atoms with E-state index in [-0.39, 0.29) is 18.6 Å². The number of nitrogens with one attached hydrogen (secondary N) is 3. The van der Waals surface area contributed by atoms with Gasteiger partial charge in [-0.05, 0) is 40.0 Å². The van der Waals surface area contributed by atoms with E-state index >= 15 is 0 Å². The van der Waals surface area contributed by atoms with Crippen LogP contribution in [-0.4, -0.2) is 39.5 Å². The third-order valence-electron chi connectivity index (χ3n) is 4.06. The molecule has 1 aliphatic rings. The van der Waals surface area contributed by atoms with Gasteiger partial charge in [0.25, 0.3) is 11.8 Å². The van der Waals surface area contributed by atoms with Gasteiger partial charge in [-0.2, -0.15) is 4.98 Å². The Labute approximate surface area is 158 Å². The number of benzene rings is 1. The van der Waals surface area contributed by atoms with Crippen LogP contribution in [0.15, 0.2) is 28.9 Å². The van der Waals surface area contributed by atoms with Gasteiger partial charge in [0.15, 0.2) is 0 Å². The standard InChI is InChI=1S/C17H18BrN5O3/c1-8(2)13(7-24)21-14-12(18)6-19-17(22-14)20-9-3-4-10-11(5-9)16(26)23-15(10)25/h3-6,8,13,24H,7H2,1-2H3,(H,23,25,26)(H2,19,20,21,22)/t13-/m0/s1. The highest BCUT2D eigenvalue weighted by Crippen LogP contribution is 2.25. The predicted molar refractivity (Wildman–Crippen MR) is 101 cm³/mol. The molecule has 1 atom stereocenters. The number of rotatable bonds is 6. The fraction of sp³-hybridized carbons (Fsp3) is 0.294. The minimum absolute atomic E-state index is 0.0230. The molecule has 1 aliphatic heterocycles. The number of aliphatic hydroxyl groups excluding tert-OH is 1. The highest BCUT2D eigenvalue weighted by Gasteiger charge is 2.26. The van der Waals surface area contributed by atoms with E-state index in [4.69, 9.17) is 0 Å². The molecule has 0 aliphatic carbocycles. The first-order chi connectivity index (χ1) is 12.4. The van der Waals surface area contributed by atoms with Crippen molar-refractivity contribution in [3.05, 3.63) is 40.0 Å². The summed E-state index contributed by atoms with van der Waals surface area (Å²) in [4.78, 5) is 32.0. The molecule has 4 N–H and O–H groups in total. The van der Waals surface area contributed by atoms with Crippen LogP contribution in [0.1, 0.15) is 34.6 Å². The molecule has 3 rings (SSSR count). The van der Waals surface area contributed by atoms with E-state index in [1.807, 2.05) is 13.8 Å². The average molecular weight is 420 g/mol. The lowest BCUT2D eigenvalue weighted by atomic mass is 10.1. The van der Waals surface area contributed by atoms with Crippen molar-refractivity contribution in [3.8, 4) is 0 Å². The van der Waals surface area contributed by atoms with Crippen molar-refractivity contribution in [1.29, 1.82) is 0 Å². The molecule has 8 nitrogen and oxygen atoms in total. The van der Waals surface area contributed by atoms with Crippen molar-refractivity contribution < 1.29 is 14.7 Å². The Bertz CT molecular complexity index is 871. The number of carbonyl (C=O) groups excluding carboxylic acids is 2. The topological polar surface area (TPSA) is 116 Å². The first-order valence-corrected chi connectivity index (χ1v) is 8.85. The molecule has 1 aromatic heterocycles. The lowest BCUT2D eigenvalue weighted by Crippen LogP contribution is -2.30. The number of aliphatic hydroxyl groups is 1. The maximum Gasteiger partial charge on any atom is 0.259 e. The summed E-state index contributed by atoms with van der Waals surface area (Å²) >= 11 is 3.39. The number of fused-ring (bicyclic) bond motifs is 1. The zero-order valence-electron chi connectivity index (χ0n) is 14.2. The normalized spacial score (nSPS) is 14.2. The Morgan fingerprint density at radius 1 is 1.23 bits per heavy atom. The van der Waals surface area contributed by atoms with Crippen LogP contribution in [-0.2, 0) is 0 Å². The number of nitrogens with zero attached hydrogens (tertiary/aromatic N) is 2. The number of hydrogen-bond donors (Lipinski definition) is 4. The van der Waals surface area contributed by atoms with Crippen LogP contribution >= 0.6 is 15.9 Å². The smallest absolute Gasteiger partial charge is 0.259 e. The number of carbonyl (C=O) groups is 2. The third kappa shape index (κ3) is 3.68. The summed E-state index contributed by atoms with van der Waals surface area (Å²) in [6.07, 6.45) is 1.59. The van der Waals surface area contributed by atoms with Gasteiger partial charge in [-0.3, -0.25) is 14.9 Å². The highest BCUT2D eigenvalue weighted by molar-refractivity contribution is 9.10. The van der Waals surface area contributed by atoms with Gasteiger partial charge in [0, 0.05) is 11.9 Å². The molecule has 2 amide bonds. The molecule has 2 heterocycles. The largest absolute Gasteiger partial charge is 0.394 e. The number of aromatic nitrogens is 2. The summed E-state index contributed by atoms with van der Waals surface area (Å²) in [6, 6.07) is 4.69. The Kier molecular flexibility index (Phi) is 5.19. The van der Waals surface area contributed by atoms with Crippen molar-refractivity contribution in [3.63, 3.8) is 0 Å². The van der Waals surface area contributed by atoms with Gasteiger partial charge in [-0.1, -0.05) is 13.8 Å². The van der Waals surface area contributed by atoms with E-state index in [1.54, 1.807) is 24.4 Å². The van der Waals surface area contributed by atoms with Crippen molar-refractivity contribution in [2.75, 3.05) is 17.2 Å². The van der Waals surface area contributed by atoms with E-state index in [9.17, 15) is 14.7 Å². The maximum atomic E-state index is 11.8. The van der Waals surface area contributed by atoms with Gasteiger partial charge >= 0.3 is 0 Å². The van der Waals surface area contributed by atoms with E-state index in [0.29, 0.717) is 33.1 Å². The van der Waals surface area contributed by atoms with Gasteiger partial charge in [-0.15, -0.1) is 0 Å². The second-order valence-electron chi connectivity index (χ2n) is 6.24. The molecule has 0 radical (unpaired) electrons. The number of anilines is 3. The molecule has 2 aromatic rings. The Hall–Kier alpha value is -2.52. The summed E-state index contributed by atoms with van der Waals surface area (Å²) in [7, 11) is 0. The molecule has 0 unspecified atom stereocenters. The fourth-order valence-electron chi connectivity index (χ4n) is 2.50. The Morgan fingerprint density at radius 2 is 1.96 bits per heavy atom. The maximum absolute atomic E-state index is 11.8. The Morgan fingerprint density at radius 3 is 2.65 bits per heavy atom. The summed E-state index contributed by atoms with van der Waals surface area (Å²) in [6.45, 7) is 3.98. The van der Waals surface area contributed by atoms with Crippen LogP contribution < -0.4 is 16.0 Å². The molecular formula is C17H18BrN5O3. The minimum Gasteiger partial charge on any atom is -0.394 e. The van der Waals surface area contributed by atoms with Crippen molar-refractivity contribution in [2.24, 2.45) is 5.92 Å². The van der Waals surface area contributed by atoms with E-state index in [0.717, 1.165) is 0 Å². The molecule has 0 bridgehead atoms. The lowest BCUT2D eigenvalue weighted by Gasteiger charge is -2.21. The zero-order chi connectivity index (χ0) is 18.8. The molecule has 26 heavy (non-hydrogen) atoms. The summed E-state index contributed by atoms with van der Waals surface area (Å²) in [5.74, 6) is 0.262. The van der Waals surface area contributed by atoms with E-state index in [1.165, 1.54) is 0 Å². The summed E-state index contributed by atoms with van der Waals surface area (Å²) in [5, 5.41) is 17.9. The second kappa shape index (κ2) is 7.38. The molecule has 0 fully saturated rings. The summed E-state index contributed by atoms with van der Waals surface area (Å²) < 4.78 is 0.668. The van der Waals surface area contributed by atoms with E-state index < -0.39 is 11.8 Å². The third-order valence-corrected chi connectivity index (χ3v) is 4.64. The lowest BCUT2D eigenvalue weighted by molar-refractivity contribution is 0.0879. The van der Waals surface area contributed by atoms with Crippen molar-refractivity contribution in [1.82, 2.24) is 15.3 Å². The van der Waals surface area contributed by atoms with Gasteiger partial charge in [0.2, 0.25) is 5.95 Å². The molecule has 0 saturated carbocycles. The van der Waals surface area contributed by atoms with Crippen molar-refractivity contribution in [2.45, 2.75) is 19.9 Å². The summed E-state index contributed by atoms with van der Waals surface area (Å²) in [5.41, 5.74) is 1.25. The van der Waals surface area contributed by atoms with Gasteiger partial charge in [0.05, 0.1) is 28.2 Å². The molecule has 1 aromatic carbocycles. The molecule has 136 valence electrons. The van der Waals surface area contributed by atoms with Gasteiger partial charge in [-0.25, -0.2) is 4.98 Å². The SMILES string of the molecule is CC(C)[C@H](CO)Nc1nc(Nc2ccc3c(c2)C(=O)NC3=O)ncc1Br. The first kappa shape index (κ1) is 18.3. The zero-order valence-corrected chi connectivity index (χ0v) is 15.8. The van der Waals surface area contributed by atoms with E-state index in [2.05, 4.69) is 41.8 Å². The quantitative estimate of drug-likeness (QED) is 0.530. The number of hydrogen-bond acceptors (Lipinski definition) is 7. The second-order valence-corrected chi connectivity index (χ2v) is 7.09. The highest BCUT2D eigenvalue weighted by atomic mass is 79.9. The number of halogens is 1. The number of amides is 2. The van der Waals surface area contributed by atoms with Crippen LogP contribution in [0.25, 0.3) is 0 Å². The molecule has 0 spiro atoms. The number of imide groups is 1. The van der Waals surface area contributed by atoms with Gasteiger partial charge < -0.3 is 15.7 Å². The predicted octanol–water partition coefficient (Wildman–Crippen LogP) is 2.30.